The molecule has 1 aliphatic carbocycles. The van der Waals surface area contributed by atoms with Crippen LogP contribution in [0.5, 0.6) is 0 Å². The summed E-state index contributed by atoms with van der Waals surface area (Å²) in [6.07, 6.45) is 4.44. The normalized spacial score (nSPS) is 20.2. The maximum atomic E-state index is 9.15. The molecule has 2 heteroatoms. The fourth-order valence-corrected chi connectivity index (χ4v) is 2.14. The third-order valence-electron chi connectivity index (χ3n) is 3.07. The van der Waals surface area contributed by atoms with Crippen molar-refractivity contribution in [3.05, 3.63) is 41.5 Å². The summed E-state index contributed by atoms with van der Waals surface area (Å²) in [5.41, 5.74) is 1.15. The van der Waals surface area contributed by atoms with Gasteiger partial charge in [0.25, 0.3) is 0 Å². The summed E-state index contributed by atoms with van der Waals surface area (Å²) in [6, 6.07) is 14.2. The van der Waals surface area contributed by atoms with Crippen LogP contribution in [-0.4, -0.2) is 0 Å². The van der Waals surface area contributed by atoms with E-state index in [1.807, 2.05) is 36.4 Å². The number of benzene rings is 1. The molecule has 0 saturated heterocycles. The predicted octanol–water partition coefficient (Wildman–Crippen LogP) is 3.29. The van der Waals surface area contributed by atoms with Gasteiger partial charge in [0.05, 0.1) is 12.1 Å². The van der Waals surface area contributed by atoms with Crippen LogP contribution in [0.2, 0.25) is 0 Å². The first-order chi connectivity index (χ1) is 7.80. The Morgan fingerprint density at radius 3 is 2.44 bits per heavy atom. The number of nitrogens with zero attached hydrogens (tertiary/aromatic N) is 2. The van der Waals surface area contributed by atoms with Gasteiger partial charge in [-0.25, -0.2) is 0 Å². The maximum Gasteiger partial charge on any atom is 0.165 e. The minimum atomic E-state index is -0.879. The number of hydrogen-bond donors (Lipinski definition) is 0. The summed E-state index contributed by atoms with van der Waals surface area (Å²) in [6.45, 7) is 0. The third kappa shape index (κ3) is 1.71. The van der Waals surface area contributed by atoms with E-state index in [0.717, 1.165) is 24.0 Å². The molecular weight excluding hydrogens is 196 g/mol. The van der Waals surface area contributed by atoms with E-state index in [4.69, 9.17) is 10.5 Å². The van der Waals surface area contributed by atoms with E-state index < -0.39 is 5.41 Å². The van der Waals surface area contributed by atoms with Gasteiger partial charge in [-0.15, -0.1) is 0 Å². The lowest BCUT2D eigenvalue weighted by molar-refractivity contribution is 0.636. The zero-order valence-electron chi connectivity index (χ0n) is 8.98. The topological polar surface area (TPSA) is 47.6 Å². The van der Waals surface area contributed by atoms with Gasteiger partial charge in [-0.3, -0.25) is 0 Å². The zero-order chi connectivity index (χ0) is 11.4. The van der Waals surface area contributed by atoms with Gasteiger partial charge in [-0.1, -0.05) is 36.4 Å². The fourth-order valence-electron chi connectivity index (χ4n) is 2.14. The molecule has 1 fully saturated rings. The van der Waals surface area contributed by atoms with Crippen molar-refractivity contribution in [2.45, 2.75) is 19.3 Å². The van der Waals surface area contributed by atoms with Crippen LogP contribution >= 0.6 is 0 Å². The van der Waals surface area contributed by atoms with Gasteiger partial charge >= 0.3 is 0 Å². The number of nitriles is 2. The van der Waals surface area contributed by atoms with E-state index >= 15 is 0 Å². The van der Waals surface area contributed by atoms with Crippen LogP contribution in [0.3, 0.4) is 0 Å². The Hall–Kier alpha value is -2.06. The smallest absolute Gasteiger partial charge is 0.165 e. The lowest BCUT2D eigenvalue weighted by atomic mass is 9.84. The molecule has 0 aromatic heterocycles. The molecule has 0 atom stereocenters. The molecular formula is C14H12N2. The summed E-state index contributed by atoms with van der Waals surface area (Å²) in [7, 11) is 0. The Morgan fingerprint density at radius 1 is 1.12 bits per heavy atom. The molecule has 0 N–H and O–H groups in total. The van der Waals surface area contributed by atoms with Crippen LogP contribution in [0, 0.1) is 28.1 Å². The summed E-state index contributed by atoms with van der Waals surface area (Å²) >= 11 is 0. The SMILES string of the molecule is N#CC1(C#N)CCC/C1=C/c1ccccc1. The Kier molecular flexibility index (Phi) is 2.75. The van der Waals surface area contributed by atoms with Crippen molar-refractivity contribution < 1.29 is 0 Å². The van der Waals surface area contributed by atoms with Crippen LogP contribution in [0.25, 0.3) is 6.08 Å². The Morgan fingerprint density at radius 2 is 1.81 bits per heavy atom. The average molecular weight is 208 g/mol. The number of allylic oxidation sites excluding steroid dienone is 1. The molecule has 0 bridgehead atoms. The Balaban J connectivity index is 2.39. The van der Waals surface area contributed by atoms with E-state index in [9.17, 15) is 0 Å². The van der Waals surface area contributed by atoms with Gasteiger partial charge in [0.2, 0.25) is 0 Å². The van der Waals surface area contributed by atoms with Crippen molar-refractivity contribution in [1.29, 1.82) is 10.5 Å². The summed E-state index contributed by atoms with van der Waals surface area (Å²) in [5, 5.41) is 18.3. The number of rotatable bonds is 1. The van der Waals surface area contributed by atoms with Gasteiger partial charge in [-0.2, -0.15) is 10.5 Å². The van der Waals surface area contributed by atoms with Gasteiger partial charge in [-0.05, 0) is 30.4 Å². The summed E-state index contributed by atoms with van der Waals surface area (Å²) < 4.78 is 0. The molecule has 78 valence electrons. The largest absolute Gasteiger partial charge is 0.196 e. The minimum absolute atomic E-state index is 0.665. The molecule has 1 aromatic carbocycles. The van der Waals surface area contributed by atoms with Crippen molar-refractivity contribution in [3.8, 4) is 12.1 Å². The lowest BCUT2D eigenvalue weighted by Crippen LogP contribution is -2.12. The van der Waals surface area contributed by atoms with Crippen molar-refractivity contribution in [2.75, 3.05) is 0 Å². The van der Waals surface area contributed by atoms with Gasteiger partial charge < -0.3 is 0 Å². The van der Waals surface area contributed by atoms with Crippen LogP contribution in [0.15, 0.2) is 35.9 Å². The second-order valence-corrected chi connectivity index (χ2v) is 4.06. The fraction of sp³-hybridized carbons (Fsp3) is 0.286. The predicted molar refractivity (Wildman–Crippen MR) is 61.9 cm³/mol. The van der Waals surface area contributed by atoms with E-state index in [1.165, 1.54) is 0 Å². The highest BCUT2D eigenvalue weighted by Gasteiger charge is 2.38. The zero-order valence-corrected chi connectivity index (χ0v) is 8.98. The Labute approximate surface area is 95.4 Å². The van der Waals surface area contributed by atoms with E-state index in [2.05, 4.69) is 12.1 Å². The van der Waals surface area contributed by atoms with Gasteiger partial charge in [0, 0.05) is 0 Å². The first-order valence-corrected chi connectivity index (χ1v) is 5.39. The highest BCUT2D eigenvalue weighted by atomic mass is 14.5. The molecule has 0 aliphatic heterocycles. The second kappa shape index (κ2) is 4.21. The second-order valence-electron chi connectivity index (χ2n) is 4.06. The molecule has 0 radical (unpaired) electrons. The monoisotopic (exact) mass is 208 g/mol. The molecule has 1 saturated carbocycles. The standard InChI is InChI=1S/C14H12N2/c15-10-14(11-16)8-4-7-13(14)9-12-5-2-1-3-6-12/h1-3,5-6,9H,4,7-8H2/b13-9-. The molecule has 0 heterocycles. The van der Waals surface area contributed by atoms with Crippen molar-refractivity contribution in [3.63, 3.8) is 0 Å². The average Bonchev–Trinajstić information content (AvgIpc) is 2.74. The first-order valence-electron chi connectivity index (χ1n) is 5.39. The van der Waals surface area contributed by atoms with Gasteiger partial charge in [0.15, 0.2) is 5.41 Å². The van der Waals surface area contributed by atoms with Crippen LogP contribution in [-0.2, 0) is 0 Å². The quantitative estimate of drug-likeness (QED) is 0.711. The maximum absolute atomic E-state index is 9.15. The van der Waals surface area contributed by atoms with E-state index in [0.29, 0.717) is 6.42 Å². The molecule has 1 aromatic rings. The van der Waals surface area contributed by atoms with E-state index in [-0.39, 0.29) is 0 Å². The van der Waals surface area contributed by atoms with Crippen molar-refractivity contribution in [1.82, 2.24) is 0 Å². The summed E-state index contributed by atoms with van der Waals surface area (Å²) in [5.74, 6) is 0. The lowest BCUT2D eigenvalue weighted by Gasteiger charge is -2.12. The van der Waals surface area contributed by atoms with Crippen LogP contribution in [0.1, 0.15) is 24.8 Å². The first kappa shape index (κ1) is 10.5. The van der Waals surface area contributed by atoms with Gasteiger partial charge in [0.1, 0.15) is 0 Å². The molecule has 0 unspecified atom stereocenters. The molecule has 0 spiro atoms. The number of hydrogen-bond acceptors (Lipinski definition) is 2. The minimum Gasteiger partial charge on any atom is -0.196 e. The van der Waals surface area contributed by atoms with Crippen LogP contribution in [0.4, 0.5) is 0 Å². The van der Waals surface area contributed by atoms with Crippen molar-refractivity contribution >= 4 is 6.08 Å². The summed E-state index contributed by atoms with van der Waals surface area (Å²) in [4.78, 5) is 0. The van der Waals surface area contributed by atoms with E-state index in [1.54, 1.807) is 0 Å². The highest BCUT2D eigenvalue weighted by molar-refractivity contribution is 5.58. The Bertz CT molecular complexity index is 472. The highest BCUT2D eigenvalue weighted by Crippen LogP contribution is 2.42. The molecule has 16 heavy (non-hydrogen) atoms. The molecule has 0 amide bonds. The van der Waals surface area contributed by atoms with Crippen LogP contribution < -0.4 is 0 Å². The molecule has 2 rings (SSSR count). The molecule has 2 nitrogen and oxygen atoms in total. The third-order valence-corrected chi connectivity index (χ3v) is 3.07. The molecule has 1 aliphatic rings. The van der Waals surface area contributed by atoms with Crippen molar-refractivity contribution in [2.24, 2.45) is 5.41 Å².